The Morgan fingerprint density at radius 1 is 1.33 bits per heavy atom. The summed E-state index contributed by atoms with van der Waals surface area (Å²) in [5.41, 5.74) is 0. The van der Waals surface area contributed by atoms with Gasteiger partial charge in [0.15, 0.2) is 0 Å². The average Bonchev–Trinajstić information content (AvgIpc) is 2.23. The molecule has 1 heterocycles. The second kappa shape index (κ2) is 5.83. The van der Waals surface area contributed by atoms with E-state index in [1.54, 1.807) is 0 Å². The summed E-state index contributed by atoms with van der Waals surface area (Å²) in [6, 6.07) is 1.60. The van der Waals surface area contributed by atoms with Crippen molar-refractivity contribution in [1.29, 1.82) is 0 Å². The molecular formula is C12H25N3. The first-order valence-electron chi connectivity index (χ1n) is 6.54. The molecule has 1 saturated carbocycles. The summed E-state index contributed by atoms with van der Waals surface area (Å²) >= 11 is 0. The highest BCUT2D eigenvalue weighted by atomic mass is 15.2. The predicted octanol–water partition coefficient (Wildman–Crippen LogP) is 0.812. The minimum atomic E-state index is 0.750. The Hall–Kier alpha value is -0.120. The summed E-state index contributed by atoms with van der Waals surface area (Å²) in [7, 11) is 0. The number of hydrogen-bond donors (Lipinski definition) is 2. The van der Waals surface area contributed by atoms with Crippen LogP contribution in [0.1, 0.15) is 32.6 Å². The van der Waals surface area contributed by atoms with Crippen molar-refractivity contribution >= 4 is 0 Å². The van der Waals surface area contributed by atoms with Crippen LogP contribution >= 0.6 is 0 Å². The van der Waals surface area contributed by atoms with E-state index in [1.807, 2.05) is 0 Å². The molecule has 0 bridgehead atoms. The van der Waals surface area contributed by atoms with E-state index in [9.17, 15) is 0 Å². The van der Waals surface area contributed by atoms with Gasteiger partial charge in [-0.3, -0.25) is 4.90 Å². The molecule has 1 aliphatic carbocycles. The smallest absolute Gasteiger partial charge is 0.0110 e. The zero-order valence-corrected chi connectivity index (χ0v) is 9.97. The molecule has 88 valence electrons. The van der Waals surface area contributed by atoms with E-state index < -0.39 is 0 Å². The minimum Gasteiger partial charge on any atom is -0.314 e. The molecule has 1 atom stereocenters. The van der Waals surface area contributed by atoms with Gasteiger partial charge in [-0.05, 0) is 32.7 Å². The Bertz CT molecular complexity index is 174. The highest BCUT2D eigenvalue weighted by Gasteiger charge is 2.18. The largest absolute Gasteiger partial charge is 0.314 e. The fourth-order valence-corrected chi connectivity index (χ4v) is 2.41. The first-order chi connectivity index (χ1) is 7.36. The Balaban J connectivity index is 1.56. The highest BCUT2D eigenvalue weighted by molar-refractivity contribution is 4.78. The molecule has 0 aromatic rings. The van der Waals surface area contributed by atoms with Crippen molar-refractivity contribution in [3.8, 4) is 0 Å². The number of rotatable bonds is 5. The molecule has 15 heavy (non-hydrogen) atoms. The van der Waals surface area contributed by atoms with Gasteiger partial charge in [0.05, 0.1) is 0 Å². The van der Waals surface area contributed by atoms with E-state index in [2.05, 4.69) is 22.5 Å². The summed E-state index contributed by atoms with van der Waals surface area (Å²) < 4.78 is 0. The molecule has 2 fully saturated rings. The molecule has 0 amide bonds. The average molecular weight is 211 g/mol. The topological polar surface area (TPSA) is 27.3 Å². The molecule has 2 N–H and O–H groups in total. The van der Waals surface area contributed by atoms with Crippen LogP contribution in [0.4, 0.5) is 0 Å². The van der Waals surface area contributed by atoms with Gasteiger partial charge in [-0.15, -0.1) is 0 Å². The molecule has 0 radical (unpaired) electrons. The van der Waals surface area contributed by atoms with Crippen molar-refractivity contribution in [2.75, 3.05) is 32.7 Å². The first-order valence-corrected chi connectivity index (χ1v) is 6.54. The number of nitrogens with one attached hydrogen (secondary N) is 2. The third-order valence-electron chi connectivity index (χ3n) is 3.88. The van der Waals surface area contributed by atoms with Crippen LogP contribution in [0.3, 0.4) is 0 Å². The van der Waals surface area contributed by atoms with Gasteiger partial charge in [0.2, 0.25) is 0 Å². The van der Waals surface area contributed by atoms with Gasteiger partial charge in [-0.25, -0.2) is 0 Å². The highest BCUT2D eigenvalue weighted by Crippen LogP contribution is 2.18. The lowest BCUT2D eigenvalue weighted by Crippen LogP contribution is -2.48. The molecule has 1 saturated heterocycles. The zero-order chi connectivity index (χ0) is 10.5. The quantitative estimate of drug-likeness (QED) is 0.705. The summed E-state index contributed by atoms with van der Waals surface area (Å²) in [4.78, 5) is 2.61. The Labute approximate surface area is 93.6 Å². The Morgan fingerprint density at radius 2 is 2.07 bits per heavy atom. The lowest BCUT2D eigenvalue weighted by Gasteiger charge is -2.34. The molecule has 1 aliphatic heterocycles. The van der Waals surface area contributed by atoms with Gasteiger partial charge in [0, 0.05) is 38.3 Å². The number of piperazine rings is 1. The maximum Gasteiger partial charge on any atom is 0.0110 e. The second-order valence-corrected chi connectivity index (χ2v) is 5.01. The van der Waals surface area contributed by atoms with E-state index in [1.165, 1.54) is 58.4 Å². The van der Waals surface area contributed by atoms with Crippen molar-refractivity contribution in [3.63, 3.8) is 0 Å². The molecule has 0 spiro atoms. The number of nitrogens with zero attached hydrogens (tertiary/aromatic N) is 1. The van der Waals surface area contributed by atoms with Crippen LogP contribution in [-0.4, -0.2) is 49.7 Å². The van der Waals surface area contributed by atoms with Crippen LogP contribution in [0.2, 0.25) is 0 Å². The van der Waals surface area contributed by atoms with E-state index in [0.29, 0.717) is 0 Å². The van der Waals surface area contributed by atoms with Gasteiger partial charge in [-0.2, -0.15) is 0 Å². The van der Waals surface area contributed by atoms with Crippen LogP contribution in [0.25, 0.3) is 0 Å². The van der Waals surface area contributed by atoms with Crippen molar-refractivity contribution in [2.24, 2.45) is 0 Å². The van der Waals surface area contributed by atoms with Crippen molar-refractivity contribution in [1.82, 2.24) is 15.5 Å². The normalized spacial score (nSPS) is 26.2. The SMILES string of the molecule is CC(CCNC1CCC1)N1CCNCC1. The van der Waals surface area contributed by atoms with Gasteiger partial charge in [-0.1, -0.05) is 6.42 Å². The van der Waals surface area contributed by atoms with Crippen LogP contribution in [-0.2, 0) is 0 Å². The molecule has 3 heteroatoms. The van der Waals surface area contributed by atoms with Crippen molar-refractivity contribution < 1.29 is 0 Å². The van der Waals surface area contributed by atoms with Gasteiger partial charge >= 0.3 is 0 Å². The molecule has 3 nitrogen and oxygen atoms in total. The summed E-state index contributed by atoms with van der Waals surface area (Å²) in [6.45, 7) is 8.36. The maximum atomic E-state index is 3.65. The van der Waals surface area contributed by atoms with Crippen molar-refractivity contribution in [2.45, 2.75) is 44.7 Å². The Kier molecular flexibility index (Phi) is 4.42. The van der Waals surface area contributed by atoms with Gasteiger partial charge in [0.25, 0.3) is 0 Å². The summed E-state index contributed by atoms with van der Waals surface area (Å²) in [6.07, 6.45) is 5.55. The third-order valence-corrected chi connectivity index (χ3v) is 3.88. The maximum absolute atomic E-state index is 3.65. The Morgan fingerprint density at radius 3 is 2.67 bits per heavy atom. The molecule has 2 rings (SSSR count). The second-order valence-electron chi connectivity index (χ2n) is 5.01. The lowest BCUT2D eigenvalue weighted by atomic mass is 9.93. The monoisotopic (exact) mass is 211 g/mol. The number of hydrogen-bond acceptors (Lipinski definition) is 3. The van der Waals surface area contributed by atoms with Crippen molar-refractivity contribution in [3.05, 3.63) is 0 Å². The molecule has 0 aromatic heterocycles. The van der Waals surface area contributed by atoms with E-state index >= 15 is 0 Å². The molecule has 1 unspecified atom stereocenters. The zero-order valence-electron chi connectivity index (χ0n) is 9.97. The molecule has 2 aliphatic rings. The predicted molar refractivity (Wildman–Crippen MR) is 64.2 cm³/mol. The van der Waals surface area contributed by atoms with Crippen LogP contribution in [0.5, 0.6) is 0 Å². The van der Waals surface area contributed by atoms with Gasteiger partial charge < -0.3 is 10.6 Å². The van der Waals surface area contributed by atoms with E-state index in [4.69, 9.17) is 0 Å². The first kappa shape index (κ1) is 11.4. The lowest BCUT2D eigenvalue weighted by molar-refractivity contribution is 0.173. The standard InChI is InChI=1S/C12H25N3/c1-11(15-9-7-13-8-10-15)5-6-14-12-3-2-4-12/h11-14H,2-10H2,1H3. The fourth-order valence-electron chi connectivity index (χ4n) is 2.41. The van der Waals surface area contributed by atoms with Crippen LogP contribution in [0.15, 0.2) is 0 Å². The van der Waals surface area contributed by atoms with Gasteiger partial charge in [0.1, 0.15) is 0 Å². The molecular weight excluding hydrogens is 186 g/mol. The minimum absolute atomic E-state index is 0.750. The van der Waals surface area contributed by atoms with E-state index in [-0.39, 0.29) is 0 Å². The van der Waals surface area contributed by atoms with Crippen LogP contribution < -0.4 is 10.6 Å². The summed E-state index contributed by atoms with van der Waals surface area (Å²) in [5.74, 6) is 0. The molecule has 0 aromatic carbocycles. The third kappa shape index (κ3) is 3.44. The fraction of sp³-hybridized carbons (Fsp3) is 1.00. The summed E-state index contributed by atoms with van der Waals surface area (Å²) in [5, 5.41) is 7.05. The van der Waals surface area contributed by atoms with Crippen LogP contribution in [0, 0.1) is 0 Å². The van der Waals surface area contributed by atoms with E-state index in [0.717, 1.165) is 12.1 Å².